The molecule has 82 valence electrons. The van der Waals surface area contributed by atoms with Crippen LogP contribution in [0.5, 0.6) is 5.75 Å². The standard InChI is InChI=1S/C13H19NO/c1-2-15-13-5-3-11(4-6-13)9-12-7-8-14-10-12/h3-6,12,14H,2,7-10H2,1H3/t12-/m0/s1. The molecule has 0 bridgehead atoms. The maximum Gasteiger partial charge on any atom is 0.119 e. The lowest BCUT2D eigenvalue weighted by molar-refractivity contribution is 0.340. The van der Waals surface area contributed by atoms with Gasteiger partial charge in [0.25, 0.3) is 0 Å². The van der Waals surface area contributed by atoms with E-state index in [1.165, 1.54) is 31.5 Å². The van der Waals surface area contributed by atoms with Gasteiger partial charge in [-0.25, -0.2) is 0 Å². The Morgan fingerprint density at radius 1 is 1.33 bits per heavy atom. The van der Waals surface area contributed by atoms with E-state index in [0.29, 0.717) is 0 Å². The van der Waals surface area contributed by atoms with Gasteiger partial charge in [0.05, 0.1) is 6.61 Å². The molecule has 0 aromatic heterocycles. The van der Waals surface area contributed by atoms with Crippen LogP contribution in [0, 0.1) is 5.92 Å². The van der Waals surface area contributed by atoms with E-state index in [0.717, 1.165) is 18.3 Å². The van der Waals surface area contributed by atoms with E-state index in [9.17, 15) is 0 Å². The number of hydrogen-bond acceptors (Lipinski definition) is 2. The molecule has 0 aliphatic carbocycles. The zero-order valence-electron chi connectivity index (χ0n) is 9.33. The number of hydrogen-bond donors (Lipinski definition) is 1. The molecule has 1 fully saturated rings. The van der Waals surface area contributed by atoms with Crippen molar-refractivity contribution in [2.45, 2.75) is 19.8 Å². The molecule has 0 unspecified atom stereocenters. The van der Waals surface area contributed by atoms with E-state index in [4.69, 9.17) is 4.74 Å². The smallest absolute Gasteiger partial charge is 0.119 e. The van der Waals surface area contributed by atoms with E-state index >= 15 is 0 Å². The summed E-state index contributed by atoms with van der Waals surface area (Å²) in [5.41, 5.74) is 1.42. The van der Waals surface area contributed by atoms with Crippen LogP contribution >= 0.6 is 0 Å². The number of ether oxygens (including phenoxy) is 1. The fourth-order valence-corrected chi connectivity index (χ4v) is 2.11. The zero-order chi connectivity index (χ0) is 10.5. The molecule has 2 heteroatoms. The van der Waals surface area contributed by atoms with Gasteiger partial charge >= 0.3 is 0 Å². The topological polar surface area (TPSA) is 21.3 Å². The summed E-state index contributed by atoms with van der Waals surface area (Å²) in [5.74, 6) is 1.80. The molecule has 1 aromatic rings. The van der Waals surface area contributed by atoms with Gasteiger partial charge in [0.15, 0.2) is 0 Å². The summed E-state index contributed by atoms with van der Waals surface area (Å²) < 4.78 is 5.42. The van der Waals surface area contributed by atoms with E-state index in [1.54, 1.807) is 0 Å². The van der Waals surface area contributed by atoms with E-state index in [-0.39, 0.29) is 0 Å². The number of rotatable bonds is 4. The summed E-state index contributed by atoms with van der Waals surface area (Å²) in [5, 5.41) is 3.40. The molecule has 0 radical (unpaired) electrons. The second-order valence-corrected chi connectivity index (χ2v) is 4.14. The third kappa shape index (κ3) is 2.96. The van der Waals surface area contributed by atoms with Crippen LogP contribution in [0.2, 0.25) is 0 Å². The molecule has 1 saturated heterocycles. The van der Waals surface area contributed by atoms with Crippen LogP contribution in [0.15, 0.2) is 24.3 Å². The molecule has 1 atom stereocenters. The first-order chi connectivity index (χ1) is 7.38. The van der Waals surface area contributed by atoms with Gasteiger partial charge in [-0.1, -0.05) is 12.1 Å². The molecule has 0 saturated carbocycles. The summed E-state index contributed by atoms with van der Waals surface area (Å²) in [4.78, 5) is 0. The molecule has 1 heterocycles. The van der Waals surface area contributed by atoms with Crippen molar-refractivity contribution >= 4 is 0 Å². The van der Waals surface area contributed by atoms with Crippen LogP contribution in [0.25, 0.3) is 0 Å². The summed E-state index contributed by atoms with van der Waals surface area (Å²) in [6.07, 6.45) is 2.51. The Labute approximate surface area is 91.6 Å². The highest BCUT2D eigenvalue weighted by Crippen LogP contribution is 2.18. The molecule has 0 amide bonds. The zero-order valence-corrected chi connectivity index (χ0v) is 9.33. The van der Waals surface area contributed by atoms with Crippen molar-refractivity contribution in [1.29, 1.82) is 0 Å². The normalized spacial score (nSPS) is 20.5. The Morgan fingerprint density at radius 3 is 2.73 bits per heavy atom. The third-order valence-electron chi connectivity index (χ3n) is 2.92. The van der Waals surface area contributed by atoms with Crippen molar-refractivity contribution in [1.82, 2.24) is 5.32 Å². The lowest BCUT2D eigenvalue weighted by Crippen LogP contribution is -2.10. The minimum atomic E-state index is 0.742. The first-order valence-electron chi connectivity index (χ1n) is 5.81. The van der Waals surface area contributed by atoms with E-state index in [1.807, 2.05) is 6.92 Å². The van der Waals surface area contributed by atoms with Gasteiger partial charge in [0.1, 0.15) is 5.75 Å². The van der Waals surface area contributed by atoms with Gasteiger partial charge in [0.2, 0.25) is 0 Å². The van der Waals surface area contributed by atoms with Gasteiger partial charge in [0, 0.05) is 0 Å². The van der Waals surface area contributed by atoms with Crippen LogP contribution in [-0.2, 0) is 6.42 Å². The van der Waals surface area contributed by atoms with Crippen LogP contribution in [0.3, 0.4) is 0 Å². The van der Waals surface area contributed by atoms with E-state index in [2.05, 4.69) is 29.6 Å². The van der Waals surface area contributed by atoms with Crippen molar-refractivity contribution in [2.75, 3.05) is 19.7 Å². The van der Waals surface area contributed by atoms with Gasteiger partial charge in [-0.2, -0.15) is 0 Å². The molecule has 2 rings (SSSR count). The lowest BCUT2D eigenvalue weighted by atomic mass is 9.99. The monoisotopic (exact) mass is 205 g/mol. The highest BCUT2D eigenvalue weighted by Gasteiger charge is 2.14. The summed E-state index contributed by atoms with van der Waals surface area (Å²) >= 11 is 0. The van der Waals surface area contributed by atoms with Crippen LogP contribution < -0.4 is 10.1 Å². The van der Waals surface area contributed by atoms with Crippen molar-refractivity contribution in [3.63, 3.8) is 0 Å². The van der Waals surface area contributed by atoms with Gasteiger partial charge in [-0.15, -0.1) is 0 Å². The van der Waals surface area contributed by atoms with Crippen molar-refractivity contribution < 1.29 is 4.74 Å². The largest absolute Gasteiger partial charge is 0.494 e. The number of nitrogens with one attached hydrogen (secondary N) is 1. The molecular formula is C13H19NO. The molecule has 1 aromatic carbocycles. The summed E-state index contributed by atoms with van der Waals surface area (Å²) in [7, 11) is 0. The Balaban J connectivity index is 1.91. The number of benzene rings is 1. The summed E-state index contributed by atoms with van der Waals surface area (Å²) in [6.45, 7) is 5.11. The fraction of sp³-hybridized carbons (Fsp3) is 0.538. The molecule has 15 heavy (non-hydrogen) atoms. The second kappa shape index (κ2) is 5.17. The van der Waals surface area contributed by atoms with Crippen LogP contribution in [-0.4, -0.2) is 19.7 Å². The first-order valence-corrected chi connectivity index (χ1v) is 5.81. The van der Waals surface area contributed by atoms with Gasteiger partial charge < -0.3 is 10.1 Å². The second-order valence-electron chi connectivity index (χ2n) is 4.14. The SMILES string of the molecule is CCOc1ccc(C[C@@H]2CCNC2)cc1. The van der Waals surface area contributed by atoms with Crippen molar-refractivity contribution in [3.8, 4) is 5.75 Å². The molecule has 1 aliphatic rings. The maximum absolute atomic E-state index is 5.42. The van der Waals surface area contributed by atoms with Gasteiger partial charge in [-0.05, 0) is 56.5 Å². The minimum Gasteiger partial charge on any atom is -0.494 e. The predicted molar refractivity (Wildman–Crippen MR) is 62.3 cm³/mol. The lowest BCUT2D eigenvalue weighted by Gasteiger charge is -2.09. The third-order valence-corrected chi connectivity index (χ3v) is 2.92. The summed E-state index contributed by atoms with van der Waals surface area (Å²) in [6, 6.07) is 8.51. The van der Waals surface area contributed by atoms with Crippen molar-refractivity contribution in [3.05, 3.63) is 29.8 Å². The Kier molecular flexibility index (Phi) is 3.62. The Hall–Kier alpha value is -1.02. The Bertz CT molecular complexity index is 288. The van der Waals surface area contributed by atoms with Crippen LogP contribution in [0.4, 0.5) is 0 Å². The quantitative estimate of drug-likeness (QED) is 0.814. The first kappa shape index (κ1) is 10.5. The molecular weight excluding hydrogens is 186 g/mol. The molecule has 2 nitrogen and oxygen atoms in total. The minimum absolute atomic E-state index is 0.742. The average molecular weight is 205 g/mol. The van der Waals surface area contributed by atoms with Gasteiger partial charge in [-0.3, -0.25) is 0 Å². The fourth-order valence-electron chi connectivity index (χ4n) is 2.11. The van der Waals surface area contributed by atoms with E-state index < -0.39 is 0 Å². The maximum atomic E-state index is 5.42. The Morgan fingerprint density at radius 2 is 2.13 bits per heavy atom. The molecule has 0 spiro atoms. The van der Waals surface area contributed by atoms with Crippen molar-refractivity contribution in [2.24, 2.45) is 5.92 Å². The average Bonchev–Trinajstić information content (AvgIpc) is 2.74. The highest BCUT2D eigenvalue weighted by molar-refractivity contribution is 5.27. The highest BCUT2D eigenvalue weighted by atomic mass is 16.5. The predicted octanol–water partition coefficient (Wildman–Crippen LogP) is 2.24. The van der Waals surface area contributed by atoms with Crippen LogP contribution in [0.1, 0.15) is 18.9 Å². The molecule has 1 aliphatic heterocycles. The molecule has 1 N–H and O–H groups in total.